The Balaban J connectivity index is 1.53. The maximum absolute atomic E-state index is 14.6. The van der Waals surface area contributed by atoms with Crippen LogP contribution in [0.15, 0.2) is 24.5 Å². The molecule has 1 aromatic heterocycles. The van der Waals surface area contributed by atoms with Gasteiger partial charge < -0.3 is 9.64 Å². The molecule has 1 aromatic carbocycles. The summed E-state index contributed by atoms with van der Waals surface area (Å²) in [4.78, 5) is 16.5. The van der Waals surface area contributed by atoms with Crippen molar-refractivity contribution in [2.45, 2.75) is 12.6 Å². The van der Waals surface area contributed by atoms with Gasteiger partial charge in [0.2, 0.25) is 0 Å². The van der Waals surface area contributed by atoms with Gasteiger partial charge in [-0.1, -0.05) is 0 Å². The largest absolute Gasteiger partial charge is 0.442 e. The van der Waals surface area contributed by atoms with Crippen molar-refractivity contribution in [2.24, 2.45) is 0 Å². The molecule has 1 amide bonds. The van der Waals surface area contributed by atoms with E-state index in [1.165, 1.54) is 34.2 Å². The van der Waals surface area contributed by atoms with Crippen LogP contribution in [-0.4, -0.2) is 58.3 Å². The number of cyclic esters (lactones) is 1. The molecule has 7 nitrogen and oxygen atoms in total. The van der Waals surface area contributed by atoms with Crippen molar-refractivity contribution in [3.05, 3.63) is 36.2 Å². The summed E-state index contributed by atoms with van der Waals surface area (Å²) in [6, 6.07) is 2.38. The average molecular weight is 381 g/mol. The molecule has 138 valence electrons. The zero-order chi connectivity index (χ0) is 18.1. The average Bonchev–Trinajstić information content (AvgIpc) is 3.25. The van der Waals surface area contributed by atoms with Crippen molar-refractivity contribution in [2.75, 3.05) is 40.9 Å². The quantitative estimate of drug-likeness (QED) is 0.809. The number of rotatable bonds is 4. The van der Waals surface area contributed by atoms with Crippen LogP contribution in [0.4, 0.5) is 25.0 Å². The molecule has 0 unspecified atom stereocenters. The second-order valence-electron chi connectivity index (χ2n) is 6.06. The van der Waals surface area contributed by atoms with Gasteiger partial charge in [0.05, 0.1) is 31.2 Å². The molecule has 1 atom stereocenters. The lowest BCUT2D eigenvalue weighted by atomic mass is 10.2. The van der Waals surface area contributed by atoms with E-state index in [0.717, 1.165) is 11.5 Å². The number of halogens is 2. The van der Waals surface area contributed by atoms with Gasteiger partial charge in [0.25, 0.3) is 0 Å². The number of thioether (sulfide) groups is 1. The van der Waals surface area contributed by atoms with Gasteiger partial charge in [-0.3, -0.25) is 4.90 Å². The van der Waals surface area contributed by atoms with E-state index in [0.29, 0.717) is 13.1 Å². The van der Waals surface area contributed by atoms with Gasteiger partial charge in [-0.05, 0) is 0 Å². The standard InChI is InChI=1S/C16H17F2N5O2S/c17-13-7-11(8-14(18)15(13)21-3-5-26-6-4-21)22-9-12(25-16(22)24)10-23-19-1-2-20-23/h1-2,7-8,12H,3-6,9-10H2/t12-/m1/s1. The molecule has 0 radical (unpaired) electrons. The van der Waals surface area contributed by atoms with Crippen molar-refractivity contribution in [1.29, 1.82) is 0 Å². The van der Waals surface area contributed by atoms with E-state index in [9.17, 15) is 13.6 Å². The van der Waals surface area contributed by atoms with E-state index in [1.807, 2.05) is 0 Å². The number of amides is 1. The summed E-state index contributed by atoms with van der Waals surface area (Å²) >= 11 is 1.76. The van der Waals surface area contributed by atoms with Crippen molar-refractivity contribution >= 4 is 29.2 Å². The number of nitrogens with zero attached hydrogens (tertiary/aromatic N) is 5. The van der Waals surface area contributed by atoms with Crippen LogP contribution in [0.3, 0.4) is 0 Å². The van der Waals surface area contributed by atoms with E-state index >= 15 is 0 Å². The van der Waals surface area contributed by atoms with Crippen molar-refractivity contribution < 1.29 is 18.3 Å². The normalized spacial score (nSPS) is 20.5. The molecular formula is C16H17F2N5O2S. The van der Waals surface area contributed by atoms with Crippen LogP contribution in [0.25, 0.3) is 0 Å². The Morgan fingerprint density at radius 1 is 1.15 bits per heavy atom. The first-order valence-corrected chi connectivity index (χ1v) is 9.41. The summed E-state index contributed by atoms with van der Waals surface area (Å²) in [6.45, 7) is 1.66. The molecule has 2 aliphatic rings. The smallest absolute Gasteiger partial charge is 0.414 e. The SMILES string of the molecule is O=C1O[C@@H](Cn2nccn2)CN1c1cc(F)c(N2CCSCC2)c(F)c1. The third-order valence-corrected chi connectivity index (χ3v) is 5.29. The van der Waals surface area contributed by atoms with Crippen LogP contribution in [0.5, 0.6) is 0 Å². The third-order valence-electron chi connectivity index (χ3n) is 4.35. The molecule has 2 aliphatic heterocycles. The number of aromatic nitrogens is 3. The van der Waals surface area contributed by atoms with Gasteiger partial charge >= 0.3 is 6.09 Å². The van der Waals surface area contributed by atoms with Crippen LogP contribution >= 0.6 is 11.8 Å². The minimum Gasteiger partial charge on any atom is -0.442 e. The predicted molar refractivity (Wildman–Crippen MR) is 93.5 cm³/mol. The summed E-state index contributed by atoms with van der Waals surface area (Å²) in [5.41, 5.74) is 0.120. The summed E-state index contributed by atoms with van der Waals surface area (Å²) in [7, 11) is 0. The highest BCUT2D eigenvalue weighted by molar-refractivity contribution is 7.99. The van der Waals surface area contributed by atoms with Crippen molar-refractivity contribution in [3.8, 4) is 0 Å². The number of carbonyl (C=O) groups is 1. The first kappa shape index (κ1) is 17.1. The van der Waals surface area contributed by atoms with Gasteiger partial charge in [0, 0.05) is 36.7 Å². The first-order valence-electron chi connectivity index (χ1n) is 8.26. The predicted octanol–water partition coefficient (Wildman–Crippen LogP) is 2.13. The topological polar surface area (TPSA) is 63.5 Å². The van der Waals surface area contributed by atoms with E-state index in [4.69, 9.17) is 4.74 Å². The van der Waals surface area contributed by atoms with Crippen molar-refractivity contribution in [1.82, 2.24) is 15.0 Å². The summed E-state index contributed by atoms with van der Waals surface area (Å²) < 4.78 is 34.4. The van der Waals surface area contributed by atoms with Gasteiger partial charge in [-0.2, -0.15) is 26.8 Å². The maximum atomic E-state index is 14.6. The number of benzene rings is 1. The molecule has 3 heterocycles. The van der Waals surface area contributed by atoms with Crippen molar-refractivity contribution in [3.63, 3.8) is 0 Å². The first-order chi connectivity index (χ1) is 12.6. The molecule has 0 bridgehead atoms. The number of ether oxygens (including phenoxy) is 1. The second kappa shape index (κ2) is 7.10. The van der Waals surface area contributed by atoms with Gasteiger partial charge in [-0.25, -0.2) is 13.6 Å². The number of carbonyl (C=O) groups excluding carboxylic acids is 1. The Morgan fingerprint density at radius 2 is 1.81 bits per heavy atom. The highest BCUT2D eigenvalue weighted by Crippen LogP contribution is 2.32. The second-order valence-corrected chi connectivity index (χ2v) is 7.28. The summed E-state index contributed by atoms with van der Waals surface area (Å²) in [6.07, 6.45) is 1.93. The fourth-order valence-electron chi connectivity index (χ4n) is 3.14. The number of anilines is 2. The van der Waals surface area contributed by atoms with Crippen LogP contribution in [0.1, 0.15) is 0 Å². The number of hydrogen-bond donors (Lipinski definition) is 0. The van der Waals surface area contributed by atoms with E-state index in [1.54, 1.807) is 16.7 Å². The monoisotopic (exact) mass is 381 g/mol. The van der Waals surface area contributed by atoms with E-state index in [2.05, 4.69) is 10.2 Å². The third kappa shape index (κ3) is 3.33. The van der Waals surface area contributed by atoms with Crippen LogP contribution in [0.2, 0.25) is 0 Å². The molecule has 2 aromatic rings. The molecule has 4 rings (SSSR count). The lowest BCUT2D eigenvalue weighted by Crippen LogP contribution is -2.34. The van der Waals surface area contributed by atoms with Gasteiger partial charge in [0.15, 0.2) is 11.6 Å². The van der Waals surface area contributed by atoms with Crippen LogP contribution < -0.4 is 9.80 Å². The minimum atomic E-state index is -0.670. The summed E-state index contributed by atoms with van der Waals surface area (Å²) in [5, 5.41) is 7.93. The maximum Gasteiger partial charge on any atom is 0.414 e. The lowest BCUT2D eigenvalue weighted by molar-refractivity contribution is 0.126. The van der Waals surface area contributed by atoms with Gasteiger partial charge in [-0.15, -0.1) is 0 Å². The highest BCUT2D eigenvalue weighted by Gasteiger charge is 2.34. The zero-order valence-electron chi connectivity index (χ0n) is 13.8. The lowest BCUT2D eigenvalue weighted by Gasteiger charge is -2.29. The zero-order valence-corrected chi connectivity index (χ0v) is 14.7. The Morgan fingerprint density at radius 3 is 2.46 bits per heavy atom. The van der Waals surface area contributed by atoms with E-state index in [-0.39, 0.29) is 24.5 Å². The molecule has 2 saturated heterocycles. The Hall–Kier alpha value is -2.36. The molecule has 2 fully saturated rings. The molecule has 26 heavy (non-hydrogen) atoms. The minimum absolute atomic E-state index is 0.0288. The molecule has 0 N–H and O–H groups in total. The van der Waals surface area contributed by atoms with Gasteiger partial charge in [0.1, 0.15) is 11.8 Å². The molecule has 0 spiro atoms. The molecule has 0 aliphatic carbocycles. The summed E-state index contributed by atoms with van der Waals surface area (Å²) in [5.74, 6) is 0.332. The van der Waals surface area contributed by atoms with E-state index < -0.39 is 23.8 Å². The fourth-order valence-corrected chi connectivity index (χ4v) is 4.05. The molecule has 10 heteroatoms. The molecule has 0 saturated carbocycles. The van der Waals surface area contributed by atoms with Crippen LogP contribution in [-0.2, 0) is 11.3 Å². The highest BCUT2D eigenvalue weighted by atomic mass is 32.2. The number of hydrogen-bond acceptors (Lipinski definition) is 6. The molecular weight excluding hydrogens is 364 g/mol. The Kier molecular flexibility index (Phi) is 4.66. The Labute approximate surface area is 152 Å². The fraction of sp³-hybridized carbons (Fsp3) is 0.438. The van der Waals surface area contributed by atoms with Crippen LogP contribution in [0, 0.1) is 11.6 Å². The Bertz CT molecular complexity index is 775.